The Balaban J connectivity index is 2.69. The molecule has 0 fully saturated rings. The van der Waals surface area contributed by atoms with Crippen LogP contribution in [0.25, 0.3) is 0 Å². The van der Waals surface area contributed by atoms with Crippen molar-refractivity contribution in [3.63, 3.8) is 0 Å². The van der Waals surface area contributed by atoms with Gasteiger partial charge in [-0.2, -0.15) is 0 Å². The minimum Gasteiger partial charge on any atom is -0.350 e. The third kappa shape index (κ3) is 3.80. The van der Waals surface area contributed by atoms with Crippen LogP contribution in [0.5, 0.6) is 0 Å². The highest BCUT2D eigenvalue weighted by molar-refractivity contribution is 9.10. The number of hydrogen-bond donors (Lipinski definition) is 1. The maximum atomic E-state index is 11.8. The Bertz CT molecular complexity index is 381. The molecule has 1 aromatic carbocycles. The van der Waals surface area contributed by atoms with Crippen molar-refractivity contribution in [2.24, 2.45) is 0 Å². The third-order valence-electron chi connectivity index (χ3n) is 2.28. The summed E-state index contributed by atoms with van der Waals surface area (Å²) < 4.78 is 0.798. The standard InChI is InChI=1S/C12H15BrClNO/c1-3-4-8(2)15-12(16)9-5-6-10(13)11(14)7-9/h5-8H,3-4H2,1-2H3,(H,15,16). The lowest BCUT2D eigenvalue weighted by Gasteiger charge is -2.12. The molecule has 1 N–H and O–H groups in total. The predicted octanol–water partition coefficient (Wildman–Crippen LogP) is 4.02. The fourth-order valence-corrected chi connectivity index (χ4v) is 1.88. The van der Waals surface area contributed by atoms with Gasteiger partial charge in [0.1, 0.15) is 0 Å². The molecule has 16 heavy (non-hydrogen) atoms. The summed E-state index contributed by atoms with van der Waals surface area (Å²) in [6, 6.07) is 5.39. The van der Waals surface area contributed by atoms with Crippen LogP contribution in [0.4, 0.5) is 0 Å². The molecule has 0 saturated heterocycles. The van der Waals surface area contributed by atoms with E-state index in [0.29, 0.717) is 10.6 Å². The predicted molar refractivity (Wildman–Crippen MR) is 71.0 cm³/mol. The zero-order chi connectivity index (χ0) is 12.1. The number of carbonyl (C=O) groups is 1. The van der Waals surface area contributed by atoms with E-state index < -0.39 is 0 Å². The first kappa shape index (κ1) is 13.5. The number of hydrogen-bond acceptors (Lipinski definition) is 1. The molecule has 0 aromatic heterocycles. The van der Waals surface area contributed by atoms with Crippen LogP contribution in [-0.4, -0.2) is 11.9 Å². The zero-order valence-electron chi connectivity index (χ0n) is 9.39. The average molecular weight is 305 g/mol. The summed E-state index contributed by atoms with van der Waals surface area (Å²) in [5, 5.41) is 3.48. The maximum Gasteiger partial charge on any atom is 0.251 e. The van der Waals surface area contributed by atoms with Gasteiger partial charge in [-0.3, -0.25) is 4.79 Å². The second-order valence-electron chi connectivity index (χ2n) is 3.79. The molecule has 1 unspecified atom stereocenters. The van der Waals surface area contributed by atoms with Gasteiger partial charge in [0.15, 0.2) is 0 Å². The van der Waals surface area contributed by atoms with Crippen LogP contribution < -0.4 is 5.32 Å². The first-order chi connectivity index (χ1) is 7.54. The van der Waals surface area contributed by atoms with E-state index in [1.54, 1.807) is 18.2 Å². The molecule has 0 aliphatic rings. The molecule has 1 atom stereocenters. The molecule has 0 saturated carbocycles. The number of carbonyl (C=O) groups excluding carboxylic acids is 1. The van der Waals surface area contributed by atoms with Crippen molar-refractivity contribution in [1.82, 2.24) is 5.32 Å². The Kier molecular flexibility index (Phi) is 5.29. The number of halogens is 2. The molecule has 0 aliphatic heterocycles. The fraction of sp³-hybridized carbons (Fsp3) is 0.417. The highest BCUT2D eigenvalue weighted by Crippen LogP contribution is 2.23. The zero-order valence-corrected chi connectivity index (χ0v) is 11.7. The Morgan fingerprint density at radius 1 is 1.56 bits per heavy atom. The van der Waals surface area contributed by atoms with Crippen LogP contribution in [0.2, 0.25) is 5.02 Å². The summed E-state index contributed by atoms with van der Waals surface area (Å²) in [5.41, 5.74) is 0.594. The lowest BCUT2D eigenvalue weighted by atomic mass is 10.1. The fourth-order valence-electron chi connectivity index (χ4n) is 1.45. The molecule has 1 rings (SSSR count). The number of rotatable bonds is 4. The van der Waals surface area contributed by atoms with Gasteiger partial charge in [0, 0.05) is 16.1 Å². The van der Waals surface area contributed by atoms with Crippen LogP contribution in [0, 0.1) is 0 Å². The van der Waals surface area contributed by atoms with E-state index in [0.717, 1.165) is 17.3 Å². The molecule has 1 amide bonds. The Labute approximate surface area is 110 Å². The van der Waals surface area contributed by atoms with Gasteiger partial charge in [0.05, 0.1) is 5.02 Å². The van der Waals surface area contributed by atoms with Gasteiger partial charge in [-0.05, 0) is 47.5 Å². The van der Waals surface area contributed by atoms with Crippen molar-refractivity contribution in [3.05, 3.63) is 33.3 Å². The molecule has 4 heteroatoms. The van der Waals surface area contributed by atoms with E-state index in [1.807, 2.05) is 6.92 Å². The number of benzene rings is 1. The van der Waals surface area contributed by atoms with Crippen LogP contribution >= 0.6 is 27.5 Å². The first-order valence-electron chi connectivity index (χ1n) is 5.30. The summed E-state index contributed by atoms with van der Waals surface area (Å²) in [7, 11) is 0. The minimum absolute atomic E-state index is 0.0737. The van der Waals surface area contributed by atoms with Crippen LogP contribution in [-0.2, 0) is 0 Å². The van der Waals surface area contributed by atoms with Crippen molar-refractivity contribution in [2.45, 2.75) is 32.7 Å². The summed E-state index contributed by atoms with van der Waals surface area (Å²) in [6.07, 6.45) is 2.04. The van der Waals surface area contributed by atoms with E-state index in [4.69, 9.17) is 11.6 Å². The molecule has 88 valence electrons. The van der Waals surface area contributed by atoms with Gasteiger partial charge in [-0.15, -0.1) is 0 Å². The second-order valence-corrected chi connectivity index (χ2v) is 5.05. The quantitative estimate of drug-likeness (QED) is 0.894. The van der Waals surface area contributed by atoms with E-state index in [1.165, 1.54) is 0 Å². The topological polar surface area (TPSA) is 29.1 Å². The summed E-state index contributed by atoms with van der Waals surface area (Å²) in [5.74, 6) is -0.0737. The average Bonchev–Trinajstić information content (AvgIpc) is 2.22. The normalized spacial score (nSPS) is 12.2. The smallest absolute Gasteiger partial charge is 0.251 e. The molecule has 0 bridgehead atoms. The van der Waals surface area contributed by atoms with Gasteiger partial charge in [0.25, 0.3) is 5.91 Å². The molecule has 0 heterocycles. The number of amides is 1. The summed E-state index contributed by atoms with van der Waals surface area (Å²) in [6.45, 7) is 4.10. The van der Waals surface area contributed by atoms with Crippen molar-refractivity contribution in [3.8, 4) is 0 Å². The van der Waals surface area contributed by atoms with Crippen molar-refractivity contribution >= 4 is 33.4 Å². The van der Waals surface area contributed by atoms with E-state index in [2.05, 4.69) is 28.2 Å². The van der Waals surface area contributed by atoms with Gasteiger partial charge < -0.3 is 5.32 Å². The Morgan fingerprint density at radius 2 is 2.25 bits per heavy atom. The van der Waals surface area contributed by atoms with E-state index in [-0.39, 0.29) is 11.9 Å². The maximum absolute atomic E-state index is 11.8. The van der Waals surface area contributed by atoms with Crippen molar-refractivity contribution in [2.75, 3.05) is 0 Å². The lowest BCUT2D eigenvalue weighted by molar-refractivity contribution is 0.0938. The molecular formula is C12H15BrClNO. The Morgan fingerprint density at radius 3 is 2.81 bits per heavy atom. The molecule has 0 aliphatic carbocycles. The van der Waals surface area contributed by atoms with E-state index in [9.17, 15) is 4.79 Å². The molecule has 0 spiro atoms. The van der Waals surface area contributed by atoms with Crippen molar-refractivity contribution < 1.29 is 4.79 Å². The monoisotopic (exact) mass is 303 g/mol. The molecule has 1 aromatic rings. The van der Waals surface area contributed by atoms with E-state index >= 15 is 0 Å². The highest BCUT2D eigenvalue weighted by Gasteiger charge is 2.10. The van der Waals surface area contributed by atoms with Crippen LogP contribution in [0.1, 0.15) is 37.0 Å². The third-order valence-corrected chi connectivity index (χ3v) is 3.51. The Hall–Kier alpha value is -0.540. The highest BCUT2D eigenvalue weighted by atomic mass is 79.9. The molecule has 2 nitrogen and oxygen atoms in total. The summed E-state index contributed by atoms with van der Waals surface area (Å²) in [4.78, 5) is 11.8. The SMILES string of the molecule is CCCC(C)NC(=O)c1ccc(Br)c(Cl)c1. The largest absolute Gasteiger partial charge is 0.350 e. The second kappa shape index (κ2) is 6.26. The van der Waals surface area contributed by atoms with Gasteiger partial charge in [-0.1, -0.05) is 24.9 Å². The van der Waals surface area contributed by atoms with Gasteiger partial charge >= 0.3 is 0 Å². The summed E-state index contributed by atoms with van der Waals surface area (Å²) >= 11 is 9.22. The van der Waals surface area contributed by atoms with Crippen LogP contribution in [0.3, 0.4) is 0 Å². The number of nitrogens with one attached hydrogen (secondary N) is 1. The van der Waals surface area contributed by atoms with Crippen molar-refractivity contribution in [1.29, 1.82) is 0 Å². The van der Waals surface area contributed by atoms with Gasteiger partial charge in [-0.25, -0.2) is 0 Å². The lowest BCUT2D eigenvalue weighted by Crippen LogP contribution is -2.32. The first-order valence-corrected chi connectivity index (χ1v) is 6.47. The minimum atomic E-state index is -0.0737. The van der Waals surface area contributed by atoms with Gasteiger partial charge in [0.2, 0.25) is 0 Å². The molecule has 0 radical (unpaired) electrons. The van der Waals surface area contributed by atoms with Crippen LogP contribution in [0.15, 0.2) is 22.7 Å². The molecular weight excluding hydrogens is 289 g/mol.